The molecule has 0 aliphatic heterocycles. The van der Waals surface area contributed by atoms with Crippen molar-refractivity contribution in [2.24, 2.45) is 5.41 Å². The second-order valence-electron chi connectivity index (χ2n) is 4.48. The molecule has 0 radical (unpaired) electrons. The topological polar surface area (TPSA) is 50.9 Å². The van der Waals surface area contributed by atoms with Gasteiger partial charge in [-0.25, -0.2) is 0 Å². The van der Waals surface area contributed by atoms with Crippen LogP contribution in [-0.4, -0.2) is 11.0 Å². The highest BCUT2D eigenvalue weighted by Crippen LogP contribution is 2.47. The summed E-state index contributed by atoms with van der Waals surface area (Å²) >= 11 is 3.44. The molecule has 1 aliphatic rings. The molecule has 1 aromatic heterocycles. The van der Waals surface area contributed by atoms with E-state index in [4.69, 9.17) is 5.73 Å². The largest absolute Gasteiger partial charge is 0.396 e. The van der Waals surface area contributed by atoms with E-state index in [1.54, 1.807) is 12.4 Å². The van der Waals surface area contributed by atoms with Gasteiger partial charge < -0.3 is 11.1 Å². The van der Waals surface area contributed by atoms with Gasteiger partial charge in [-0.3, -0.25) is 4.98 Å². The second-order valence-corrected chi connectivity index (χ2v) is 5.33. The number of halogens is 1. The summed E-state index contributed by atoms with van der Waals surface area (Å²) in [6.07, 6.45) is 4.62. The van der Waals surface area contributed by atoms with Gasteiger partial charge in [-0.1, -0.05) is 13.8 Å². The monoisotopic (exact) mass is 255 g/mol. The SMILES string of the molecule is CC1(C)CC1Nc1c(N)cncc1Br. The summed E-state index contributed by atoms with van der Waals surface area (Å²) in [5.41, 5.74) is 7.89. The van der Waals surface area contributed by atoms with Gasteiger partial charge in [0.25, 0.3) is 0 Å². The van der Waals surface area contributed by atoms with Crippen LogP contribution in [0.1, 0.15) is 20.3 Å². The van der Waals surface area contributed by atoms with Gasteiger partial charge in [0.2, 0.25) is 0 Å². The molecule has 0 spiro atoms. The zero-order valence-electron chi connectivity index (χ0n) is 8.34. The predicted octanol–water partition coefficient (Wildman–Crippen LogP) is 2.64. The number of hydrogen-bond donors (Lipinski definition) is 2. The molecule has 3 N–H and O–H groups in total. The van der Waals surface area contributed by atoms with Crippen molar-refractivity contribution in [3.63, 3.8) is 0 Å². The lowest BCUT2D eigenvalue weighted by Gasteiger charge is -2.11. The third-order valence-electron chi connectivity index (χ3n) is 2.76. The molecule has 1 fully saturated rings. The van der Waals surface area contributed by atoms with Gasteiger partial charge in [0.05, 0.1) is 22.0 Å². The highest BCUT2D eigenvalue weighted by molar-refractivity contribution is 9.10. The Labute approximate surface area is 92.2 Å². The number of anilines is 2. The summed E-state index contributed by atoms with van der Waals surface area (Å²) in [7, 11) is 0. The second kappa shape index (κ2) is 3.12. The van der Waals surface area contributed by atoms with Crippen molar-refractivity contribution in [3.05, 3.63) is 16.9 Å². The van der Waals surface area contributed by atoms with E-state index in [-0.39, 0.29) is 0 Å². The molecule has 0 amide bonds. The summed E-state index contributed by atoms with van der Waals surface area (Å²) in [5.74, 6) is 0. The Morgan fingerprint density at radius 2 is 2.21 bits per heavy atom. The maximum atomic E-state index is 5.83. The Bertz CT molecular complexity index is 342. The van der Waals surface area contributed by atoms with Gasteiger partial charge in [-0.05, 0) is 27.8 Å². The first-order valence-corrected chi connectivity index (χ1v) is 5.45. The fraction of sp³-hybridized carbons (Fsp3) is 0.500. The first kappa shape index (κ1) is 9.77. The van der Waals surface area contributed by atoms with E-state index in [0.29, 0.717) is 17.1 Å². The third-order valence-corrected chi connectivity index (χ3v) is 3.36. The van der Waals surface area contributed by atoms with Crippen molar-refractivity contribution < 1.29 is 0 Å². The van der Waals surface area contributed by atoms with Crippen LogP contribution in [0.25, 0.3) is 0 Å². The minimum Gasteiger partial charge on any atom is -0.396 e. The van der Waals surface area contributed by atoms with E-state index in [1.165, 1.54) is 6.42 Å². The van der Waals surface area contributed by atoms with E-state index in [2.05, 4.69) is 40.1 Å². The van der Waals surface area contributed by atoms with Crippen LogP contribution in [-0.2, 0) is 0 Å². The normalized spacial score (nSPS) is 23.2. The van der Waals surface area contributed by atoms with Crippen molar-refractivity contribution in [1.29, 1.82) is 0 Å². The number of aromatic nitrogens is 1. The molecule has 1 heterocycles. The molecule has 76 valence electrons. The van der Waals surface area contributed by atoms with Gasteiger partial charge >= 0.3 is 0 Å². The maximum Gasteiger partial charge on any atom is 0.0752 e. The molecule has 4 heteroatoms. The highest BCUT2D eigenvalue weighted by atomic mass is 79.9. The van der Waals surface area contributed by atoms with Crippen LogP contribution < -0.4 is 11.1 Å². The first-order chi connectivity index (χ1) is 6.50. The van der Waals surface area contributed by atoms with Crippen molar-refractivity contribution >= 4 is 27.3 Å². The summed E-state index contributed by atoms with van der Waals surface area (Å²) in [6.45, 7) is 4.49. The fourth-order valence-electron chi connectivity index (χ4n) is 1.49. The average molecular weight is 256 g/mol. The Morgan fingerprint density at radius 3 is 2.71 bits per heavy atom. The third kappa shape index (κ3) is 1.71. The van der Waals surface area contributed by atoms with Crippen molar-refractivity contribution in [3.8, 4) is 0 Å². The number of nitrogens with zero attached hydrogens (tertiary/aromatic N) is 1. The van der Waals surface area contributed by atoms with Gasteiger partial charge in [-0.2, -0.15) is 0 Å². The summed E-state index contributed by atoms with van der Waals surface area (Å²) in [4.78, 5) is 4.00. The van der Waals surface area contributed by atoms with Crippen molar-refractivity contribution in [2.75, 3.05) is 11.1 Å². The lowest BCUT2D eigenvalue weighted by molar-refractivity contribution is 0.630. The van der Waals surface area contributed by atoms with E-state index in [0.717, 1.165) is 10.2 Å². The smallest absolute Gasteiger partial charge is 0.0752 e. The van der Waals surface area contributed by atoms with Crippen LogP contribution in [0.15, 0.2) is 16.9 Å². The highest BCUT2D eigenvalue weighted by Gasteiger charge is 2.45. The van der Waals surface area contributed by atoms with Gasteiger partial charge in [0.15, 0.2) is 0 Å². The van der Waals surface area contributed by atoms with Gasteiger partial charge in [0.1, 0.15) is 0 Å². The molecule has 1 unspecified atom stereocenters. The molecule has 1 atom stereocenters. The number of hydrogen-bond acceptors (Lipinski definition) is 3. The Balaban J connectivity index is 2.17. The van der Waals surface area contributed by atoms with E-state index < -0.39 is 0 Å². The van der Waals surface area contributed by atoms with E-state index >= 15 is 0 Å². The Kier molecular flexibility index (Phi) is 2.18. The zero-order valence-corrected chi connectivity index (χ0v) is 9.93. The van der Waals surface area contributed by atoms with E-state index in [1.807, 2.05) is 0 Å². The molecule has 3 nitrogen and oxygen atoms in total. The summed E-state index contributed by atoms with van der Waals surface area (Å²) in [5, 5.41) is 3.43. The number of pyridine rings is 1. The van der Waals surface area contributed by atoms with Gasteiger partial charge in [0, 0.05) is 12.2 Å². The quantitative estimate of drug-likeness (QED) is 0.855. The molecule has 0 aromatic carbocycles. The standard InChI is InChI=1S/C10H14BrN3/c1-10(2)3-8(10)14-9-6(11)4-13-5-7(9)12/h4-5,8H,3,12H2,1-2H3,(H,13,14). The van der Waals surface area contributed by atoms with Crippen LogP contribution >= 0.6 is 15.9 Å². The van der Waals surface area contributed by atoms with Crippen LogP contribution in [0, 0.1) is 5.41 Å². The maximum absolute atomic E-state index is 5.83. The number of nitrogens with one attached hydrogen (secondary N) is 1. The fourth-order valence-corrected chi connectivity index (χ4v) is 1.95. The predicted molar refractivity (Wildman–Crippen MR) is 62.2 cm³/mol. The van der Waals surface area contributed by atoms with Crippen LogP contribution in [0.2, 0.25) is 0 Å². The molecular formula is C10H14BrN3. The molecule has 0 bridgehead atoms. The van der Waals surface area contributed by atoms with Gasteiger partial charge in [-0.15, -0.1) is 0 Å². The van der Waals surface area contributed by atoms with Crippen LogP contribution in [0.3, 0.4) is 0 Å². The van der Waals surface area contributed by atoms with E-state index in [9.17, 15) is 0 Å². The number of nitrogens with two attached hydrogens (primary N) is 1. The summed E-state index contributed by atoms with van der Waals surface area (Å²) < 4.78 is 0.931. The minimum atomic E-state index is 0.398. The molecular weight excluding hydrogens is 242 g/mol. The zero-order chi connectivity index (χ0) is 10.3. The molecule has 14 heavy (non-hydrogen) atoms. The van der Waals surface area contributed by atoms with Crippen LogP contribution in [0.4, 0.5) is 11.4 Å². The Hall–Kier alpha value is -0.770. The van der Waals surface area contributed by atoms with Crippen molar-refractivity contribution in [1.82, 2.24) is 4.98 Å². The molecule has 0 saturated heterocycles. The number of rotatable bonds is 2. The Morgan fingerprint density at radius 1 is 1.57 bits per heavy atom. The molecule has 2 rings (SSSR count). The van der Waals surface area contributed by atoms with Crippen LogP contribution in [0.5, 0.6) is 0 Å². The molecule has 1 aliphatic carbocycles. The average Bonchev–Trinajstić information content (AvgIpc) is 2.67. The molecule has 1 saturated carbocycles. The lowest BCUT2D eigenvalue weighted by Crippen LogP contribution is -2.10. The van der Waals surface area contributed by atoms with Crippen molar-refractivity contribution in [2.45, 2.75) is 26.3 Å². The minimum absolute atomic E-state index is 0.398. The summed E-state index contributed by atoms with van der Waals surface area (Å²) in [6, 6.07) is 0.531. The number of nitrogen functional groups attached to an aromatic ring is 1. The first-order valence-electron chi connectivity index (χ1n) is 4.66. The molecule has 1 aromatic rings. The lowest BCUT2D eigenvalue weighted by atomic mass is 10.2.